The van der Waals surface area contributed by atoms with E-state index in [0.29, 0.717) is 23.0 Å². The highest BCUT2D eigenvalue weighted by Gasteiger charge is 2.11. The lowest BCUT2D eigenvalue weighted by Gasteiger charge is -2.06. The zero-order valence-electron chi connectivity index (χ0n) is 13.2. The third-order valence-electron chi connectivity index (χ3n) is 3.39. The molecule has 3 aromatic rings. The second kappa shape index (κ2) is 6.49. The van der Waals surface area contributed by atoms with Crippen LogP contribution in [0.4, 0.5) is 0 Å². The number of hydrogen-bond acceptors (Lipinski definition) is 6. The zero-order chi connectivity index (χ0) is 17.1. The van der Waals surface area contributed by atoms with Gasteiger partial charge in [-0.1, -0.05) is 17.3 Å². The zero-order valence-corrected chi connectivity index (χ0v) is 13.2. The molecule has 0 saturated carbocycles. The van der Waals surface area contributed by atoms with E-state index >= 15 is 0 Å². The molecule has 0 spiro atoms. The van der Waals surface area contributed by atoms with Crippen LogP contribution in [0, 0.1) is 13.8 Å². The summed E-state index contributed by atoms with van der Waals surface area (Å²) in [6, 6.07) is 9.96. The minimum absolute atomic E-state index is 0.131. The molecule has 122 valence electrons. The van der Waals surface area contributed by atoms with Gasteiger partial charge < -0.3 is 14.4 Å². The van der Waals surface area contributed by atoms with Gasteiger partial charge in [-0.2, -0.15) is 4.98 Å². The molecule has 2 heterocycles. The number of carboxylic acid groups (broad SMARTS) is 1. The van der Waals surface area contributed by atoms with Crippen molar-refractivity contribution >= 4 is 5.97 Å². The molecule has 2 aromatic heterocycles. The second-order valence-electron chi connectivity index (χ2n) is 5.22. The molecule has 0 unspecified atom stereocenters. The van der Waals surface area contributed by atoms with Crippen LogP contribution in [0.3, 0.4) is 0 Å². The molecule has 0 radical (unpaired) electrons. The first-order valence-electron chi connectivity index (χ1n) is 7.26. The van der Waals surface area contributed by atoms with Crippen molar-refractivity contribution < 1.29 is 19.2 Å². The number of nitrogens with zero attached hydrogens (tertiary/aromatic N) is 3. The van der Waals surface area contributed by atoms with Crippen molar-refractivity contribution in [2.75, 3.05) is 0 Å². The van der Waals surface area contributed by atoms with Gasteiger partial charge in [-0.3, -0.25) is 4.98 Å². The third kappa shape index (κ3) is 3.40. The van der Waals surface area contributed by atoms with Crippen molar-refractivity contribution in [3.63, 3.8) is 0 Å². The summed E-state index contributed by atoms with van der Waals surface area (Å²) in [5.74, 6) is 0.383. The van der Waals surface area contributed by atoms with E-state index in [1.807, 2.05) is 26.0 Å². The Labute approximate surface area is 137 Å². The fourth-order valence-corrected chi connectivity index (χ4v) is 2.16. The van der Waals surface area contributed by atoms with Gasteiger partial charge in [0.1, 0.15) is 5.75 Å². The van der Waals surface area contributed by atoms with E-state index in [4.69, 9.17) is 14.4 Å². The smallest absolute Gasteiger partial charge is 0.335 e. The Morgan fingerprint density at radius 3 is 2.54 bits per heavy atom. The van der Waals surface area contributed by atoms with Gasteiger partial charge >= 0.3 is 5.97 Å². The number of carboxylic acids is 1. The molecule has 0 fully saturated rings. The molecule has 0 bridgehead atoms. The highest BCUT2D eigenvalue weighted by atomic mass is 16.5. The number of aromatic carboxylic acids is 1. The van der Waals surface area contributed by atoms with Crippen molar-refractivity contribution in [3.05, 3.63) is 59.2 Å². The Morgan fingerprint density at radius 2 is 1.88 bits per heavy atom. The maximum absolute atomic E-state index is 10.8. The minimum atomic E-state index is -0.981. The average Bonchev–Trinajstić information content (AvgIpc) is 3.03. The van der Waals surface area contributed by atoms with Gasteiger partial charge in [0.05, 0.1) is 11.3 Å². The van der Waals surface area contributed by atoms with E-state index in [9.17, 15) is 4.79 Å². The molecule has 0 amide bonds. The molecule has 7 nitrogen and oxygen atoms in total. The molecule has 3 rings (SSSR count). The number of aryl methyl sites for hydroxylation is 2. The first-order chi connectivity index (χ1) is 11.5. The van der Waals surface area contributed by atoms with E-state index < -0.39 is 5.97 Å². The summed E-state index contributed by atoms with van der Waals surface area (Å²) in [7, 11) is 0. The first kappa shape index (κ1) is 15.7. The summed E-state index contributed by atoms with van der Waals surface area (Å²) in [6.07, 6.45) is 0. The predicted octanol–water partition coefficient (Wildman–Crippen LogP) is 3.03. The molecule has 1 N–H and O–H groups in total. The number of rotatable bonds is 5. The largest absolute Gasteiger partial charge is 0.482 e. The number of benzene rings is 1. The maximum Gasteiger partial charge on any atom is 0.335 e. The molecule has 7 heteroatoms. The van der Waals surface area contributed by atoms with Crippen LogP contribution in [0.2, 0.25) is 0 Å². The number of ether oxygens (including phenoxy) is 1. The van der Waals surface area contributed by atoms with Gasteiger partial charge in [0.2, 0.25) is 5.82 Å². The molecule has 24 heavy (non-hydrogen) atoms. The summed E-state index contributed by atoms with van der Waals surface area (Å²) >= 11 is 0. The monoisotopic (exact) mass is 325 g/mol. The standard InChI is InChI=1S/C17H15N3O4/c1-10-3-8-14(11(2)18-10)23-9-15-19-16(20-24-15)12-4-6-13(7-5-12)17(21)22/h3-8H,9H2,1-2H3,(H,21,22). The lowest BCUT2D eigenvalue weighted by atomic mass is 10.1. The lowest BCUT2D eigenvalue weighted by Crippen LogP contribution is -1.99. The Balaban J connectivity index is 1.70. The van der Waals surface area contributed by atoms with Crippen molar-refractivity contribution in [2.24, 2.45) is 0 Å². The fraction of sp³-hybridized carbons (Fsp3) is 0.176. The summed E-state index contributed by atoms with van der Waals surface area (Å²) in [5, 5.41) is 12.8. The topological polar surface area (TPSA) is 98.3 Å². The Morgan fingerprint density at radius 1 is 1.12 bits per heavy atom. The van der Waals surface area contributed by atoms with Crippen molar-refractivity contribution in [2.45, 2.75) is 20.5 Å². The van der Waals surface area contributed by atoms with Gasteiger partial charge in [0.15, 0.2) is 6.61 Å². The van der Waals surface area contributed by atoms with Gasteiger partial charge in [-0.25, -0.2) is 4.79 Å². The van der Waals surface area contributed by atoms with Crippen molar-refractivity contribution in [1.29, 1.82) is 0 Å². The van der Waals surface area contributed by atoms with Gasteiger partial charge in [-0.05, 0) is 38.1 Å². The average molecular weight is 325 g/mol. The van der Waals surface area contributed by atoms with Crippen LogP contribution < -0.4 is 4.74 Å². The fourth-order valence-electron chi connectivity index (χ4n) is 2.16. The molecule has 0 atom stereocenters. The van der Waals surface area contributed by atoms with E-state index in [0.717, 1.165) is 11.4 Å². The predicted molar refractivity (Wildman–Crippen MR) is 84.7 cm³/mol. The van der Waals surface area contributed by atoms with Gasteiger partial charge in [-0.15, -0.1) is 0 Å². The summed E-state index contributed by atoms with van der Waals surface area (Å²) in [5.41, 5.74) is 2.58. The summed E-state index contributed by atoms with van der Waals surface area (Å²) in [4.78, 5) is 19.4. The molecule has 0 aliphatic rings. The van der Waals surface area contributed by atoms with Crippen LogP contribution >= 0.6 is 0 Å². The molecular weight excluding hydrogens is 310 g/mol. The maximum atomic E-state index is 10.8. The number of carbonyl (C=O) groups is 1. The first-order valence-corrected chi connectivity index (χ1v) is 7.26. The van der Waals surface area contributed by atoms with E-state index in [1.165, 1.54) is 12.1 Å². The van der Waals surface area contributed by atoms with E-state index in [-0.39, 0.29) is 12.2 Å². The highest BCUT2D eigenvalue weighted by molar-refractivity contribution is 5.88. The van der Waals surface area contributed by atoms with Crippen molar-refractivity contribution in [3.8, 4) is 17.1 Å². The van der Waals surface area contributed by atoms with Crippen LogP contribution in [0.1, 0.15) is 27.6 Å². The second-order valence-corrected chi connectivity index (χ2v) is 5.22. The lowest BCUT2D eigenvalue weighted by molar-refractivity contribution is 0.0697. The quantitative estimate of drug-likeness (QED) is 0.769. The molecule has 0 saturated heterocycles. The molecule has 0 aliphatic carbocycles. The number of hydrogen-bond donors (Lipinski definition) is 1. The SMILES string of the molecule is Cc1ccc(OCc2nc(-c3ccc(C(=O)O)cc3)no2)c(C)n1. The van der Waals surface area contributed by atoms with Crippen LogP contribution in [0.5, 0.6) is 5.75 Å². The van der Waals surface area contributed by atoms with Crippen LogP contribution in [-0.4, -0.2) is 26.2 Å². The number of pyridine rings is 1. The minimum Gasteiger partial charge on any atom is -0.482 e. The summed E-state index contributed by atoms with van der Waals surface area (Å²) < 4.78 is 10.8. The molecular formula is C17H15N3O4. The van der Waals surface area contributed by atoms with Crippen molar-refractivity contribution in [1.82, 2.24) is 15.1 Å². The van der Waals surface area contributed by atoms with Crippen LogP contribution in [-0.2, 0) is 6.61 Å². The number of aromatic nitrogens is 3. The molecule has 1 aromatic carbocycles. The van der Waals surface area contributed by atoms with Crippen LogP contribution in [0.15, 0.2) is 40.9 Å². The highest BCUT2D eigenvalue weighted by Crippen LogP contribution is 2.19. The van der Waals surface area contributed by atoms with Crippen LogP contribution in [0.25, 0.3) is 11.4 Å². The third-order valence-corrected chi connectivity index (χ3v) is 3.39. The summed E-state index contributed by atoms with van der Waals surface area (Å²) in [6.45, 7) is 3.91. The Bertz CT molecular complexity index is 872. The molecule has 0 aliphatic heterocycles. The Hall–Kier alpha value is -3.22. The normalized spacial score (nSPS) is 10.6. The van der Waals surface area contributed by atoms with Gasteiger partial charge in [0.25, 0.3) is 5.89 Å². The van der Waals surface area contributed by atoms with Gasteiger partial charge in [0, 0.05) is 11.3 Å². The van der Waals surface area contributed by atoms with E-state index in [1.54, 1.807) is 12.1 Å². The van der Waals surface area contributed by atoms with E-state index in [2.05, 4.69) is 15.1 Å². The Kier molecular flexibility index (Phi) is 4.24.